The number of likely N-dealkylation sites (tertiary alicyclic amines) is 1. The van der Waals surface area contributed by atoms with Gasteiger partial charge >= 0.3 is 0 Å². The Hall–Kier alpha value is -1.84. The van der Waals surface area contributed by atoms with Crippen molar-refractivity contribution in [2.24, 2.45) is 0 Å². The van der Waals surface area contributed by atoms with E-state index in [1.807, 2.05) is 48.5 Å². The van der Waals surface area contributed by atoms with Gasteiger partial charge < -0.3 is 9.64 Å². The van der Waals surface area contributed by atoms with Gasteiger partial charge in [-0.05, 0) is 67.9 Å². The summed E-state index contributed by atoms with van der Waals surface area (Å²) in [4.78, 5) is 15.7. The fraction of sp³-hybridized carbons (Fsp3) is 0.409. The number of benzene rings is 2. The third-order valence-electron chi connectivity index (χ3n) is 5.10. The van der Waals surface area contributed by atoms with Crippen LogP contribution in [0.1, 0.15) is 47.5 Å². The van der Waals surface area contributed by atoms with E-state index in [0.717, 1.165) is 36.5 Å². The average molecular weight is 372 g/mol. The van der Waals surface area contributed by atoms with E-state index in [-0.39, 0.29) is 11.7 Å². The number of ether oxygens (including phenoxy) is 1. The van der Waals surface area contributed by atoms with Crippen molar-refractivity contribution in [2.45, 2.75) is 31.6 Å². The predicted molar refractivity (Wildman–Crippen MR) is 106 cm³/mol. The van der Waals surface area contributed by atoms with Gasteiger partial charge in [-0.3, -0.25) is 4.79 Å². The average Bonchev–Trinajstić information content (AvgIpc) is 2.95. The van der Waals surface area contributed by atoms with Crippen LogP contribution in [0.25, 0.3) is 0 Å². The largest absolute Gasteiger partial charge is 0.497 e. The van der Waals surface area contributed by atoms with Crippen LogP contribution >= 0.6 is 11.6 Å². The summed E-state index contributed by atoms with van der Waals surface area (Å²) in [5.41, 5.74) is 1.75. The maximum atomic E-state index is 13.3. The van der Waals surface area contributed by atoms with Gasteiger partial charge in [0.05, 0.1) is 13.0 Å². The Kier molecular flexibility index (Phi) is 6.70. The number of ketones is 1. The molecule has 1 heterocycles. The molecule has 2 aromatic carbocycles. The van der Waals surface area contributed by atoms with Crippen LogP contribution < -0.4 is 4.74 Å². The lowest BCUT2D eigenvalue weighted by atomic mass is 9.90. The zero-order valence-corrected chi connectivity index (χ0v) is 16.0. The molecule has 0 aliphatic carbocycles. The molecule has 0 amide bonds. The topological polar surface area (TPSA) is 29.5 Å². The van der Waals surface area contributed by atoms with Crippen LogP contribution in [-0.2, 0) is 0 Å². The van der Waals surface area contributed by atoms with E-state index < -0.39 is 0 Å². The van der Waals surface area contributed by atoms with Crippen molar-refractivity contribution in [3.05, 3.63) is 64.7 Å². The van der Waals surface area contributed by atoms with Crippen LogP contribution in [0.15, 0.2) is 48.5 Å². The summed E-state index contributed by atoms with van der Waals surface area (Å²) in [5.74, 6) is 0.732. The first-order valence-corrected chi connectivity index (χ1v) is 9.71. The van der Waals surface area contributed by atoms with E-state index in [1.165, 1.54) is 25.7 Å². The molecule has 0 aromatic heterocycles. The van der Waals surface area contributed by atoms with Gasteiger partial charge in [0.1, 0.15) is 5.75 Å². The molecule has 1 saturated heterocycles. The third-order valence-corrected chi connectivity index (χ3v) is 5.35. The Morgan fingerprint density at radius 2 is 1.62 bits per heavy atom. The fourth-order valence-corrected chi connectivity index (χ4v) is 3.69. The van der Waals surface area contributed by atoms with E-state index in [4.69, 9.17) is 16.3 Å². The van der Waals surface area contributed by atoms with Crippen LogP contribution in [0.4, 0.5) is 0 Å². The van der Waals surface area contributed by atoms with Crippen molar-refractivity contribution in [3.8, 4) is 5.75 Å². The molecule has 0 radical (unpaired) electrons. The Bertz CT molecular complexity index is 704. The molecule has 3 rings (SSSR count). The number of carbonyl (C=O) groups excluding carboxylic acids is 1. The minimum absolute atomic E-state index is 0.152. The summed E-state index contributed by atoms with van der Waals surface area (Å²) in [5, 5.41) is 0.694. The number of rotatable bonds is 6. The standard InChI is InChI=1S/C22H26ClNO2/c1-26-20-12-8-18(9-13-20)22(25)21(17-6-10-19(23)11-7-17)16-24-14-4-2-3-5-15-24/h6-13,21H,2-5,14-16H2,1H3. The first-order valence-electron chi connectivity index (χ1n) is 9.33. The summed E-state index contributed by atoms with van der Waals surface area (Å²) >= 11 is 6.05. The second kappa shape index (κ2) is 9.20. The third kappa shape index (κ3) is 4.87. The maximum absolute atomic E-state index is 13.3. The second-order valence-electron chi connectivity index (χ2n) is 6.91. The van der Waals surface area contributed by atoms with E-state index in [2.05, 4.69) is 4.90 Å². The van der Waals surface area contributed by atoms with Crippen LogP contribution in [-0.4, -0.2) is 37.4 Å². The van der Waals surface area contributed by atoms with E-state index in [1.54, 1.807) is 7.11 Å². The van der Waals surface area contributed by atoms with E-state index >= 15 is 0 Å². The molecule has 1 atom stereocenters. The van der Waals surface area contributed by atoms with Gasteiger partial charge in [-0.15, -0.1) is 0 Å². The van der Waals surface area contributed by atoms with Crippen molar-refractivity contribution < 1.29 is 9.53 Å². The zero-order chi connectivity index (χ0) is 18.4. The van der Waals surface area contributed by atoms with Crippen molar-refractivity contribution in [1.82, 2.24) is 4.90 Å². The predicted octanol–water partition coefficient (Wildman–Crippen LogP) is 5.19. The van der Waals surface area contributed by atoms with Gasteiger partial charge in [0.25, 0.3) is 0 Å². The molecule has 1 aliphatic heterocycles. The molecule has 4 heteroatoms. The zero-order valence-electron chi connectivity index (χ0n) is 15.3. The Balaban J connectivity index is 1.85. The fourth-order valence-electron chi connectivity index (χ4n) is 3.57. The lowest BCUT2D eigenvalue weighted by molar-refractivity contribution is 0.0934. The molecule has 2 aromatic rings. The smallest absolute Gasteiger partial charge is 0.171 e. The number of Topliss-reactive ketones (excluding diaryl/α,β-unsaturated/α-hetero) is 1. The Labute approximate surface area is 160 Å². The van der Waals surface area contributed by atoms with Gasteiger partial charge in [0.15, 0.2) is 5.78 Å². The molecule has 0 spiro atoms. The van der Waals surface area contributed by atoms with Crippen LogP contribution in [0.5, 0.6) is 5.75 Å². The number of nitrogens with zero attached hydrogens (tertiary/aromatic N) is 1. The lowest BCUT2D eigenvalue weighted by Gasteiger charge is -2.26. The molecule has 0 bridgehead atoms. The van der Waals surface area contributed by atoms with Crippen molar-refractivity contribution in [1.29, 1.82) is 0 Å². The van der Waals surface area contributed by atoms with Crippen molar-refractivity contribution >= 4 is 17.4 Å². The quantitative estimate of drug-likeness (QED) is 0.654. The van der Waals surface area contributed by atoms with Gasteiger partial charge in [-0.1, -0.05) is 36.6 Å². The van der Waals surface area contributed by atoms with Crippen molar-refractivity contribution in [2.75, 3.05) is 26.7 Å². The monoisotopic (exact) mass is 371 g/mol. The summed E-state index contributed by atoms with van der Waals surface area (Å²) < 4.78 is 5.21. The number of halogens is 1. The minimum Gasteiger partial charge on any atom is -0.497 e. The first kappa shape index (κ1) is 18.9. The van der Waals surface area contributed by atoms with Crippen LogP contribution in [0, 0.1) is 0 Å². The summed E-state index contributed by atoms with van der Waals surface area (Å²) in [6, 6.07) is 15.1. The molecular formula is C22H26ClNO2. The highest BCUT2D eigenvalue weighted by Crippen LogP contribution is 2.26. The number of carbonyl (C=O) groups is 1. The molecular weight excluding hydrogens is 346 g/mol. The summed E-state index contributed by atoms with van der Waals surface area (Å²) in [6.07, 6.45) is 5.00. The number of hydrogen-bond donors (Lipinski definition) is 0. The number of hydrogen-bond acceptors (Lipinski definition) is 3. The number of methoxy groups -OCH3 is 1. The minimum atomic E-state index is -0.182. The van der Waals surface area contributed by atoms with Gasteiger partial charge in [0, 0.05) is 17.1 Å². The summed E-state index contributed by atoms with van der Waals surface area (Å²) in [7, 11) is 1.63. The summed E-state index contributed by atoms with van der Waals surface area (Å²) in [6.45, 7) is 2.90. The SMILES string of the molecule is COc1ccc(C(=O)C(CN2CCCCCC2)c2ccc(Cl)cc2)cc1. The lowest BCUT2D eigenvalue weighted by Crippen LogP contribution is -2.33. The maximum Gasteiger partial charge on any atom is 0.171 e. The second-order valence-corrected chi connectivity index (χ2v) is 7.35. The first-order chi connectivity index (χ1) is 12.7. The van der Waals surface area contributed by atoms with E-state index in [9.17, 15) is 4.79 Å². The Morgan fingerprint density at radius 3 is 2.19 bits per heavy atom. The van der Waals surface area contributed by atoms with Crippen molar-refractivity contribution in [3.63, 3.8) is 0 Å². The molecule has 0 saturated carbocycles. The molecule has 1 fully saturated rings. The molecule has 26 heavy (non-hydrogen) atoms. The molecule has 1 aliphatic rings. The molecule has 138 valence electrons. The molecule has 0 N–H and O–H groups in total. The van der Waals surface area contributed by atoms with Crippen LogP contribution in [0.3, 0.4) is 0 Å². The molecule has 1 unspecified atom stereocenters. The normalized spacial score (nSPS) is 16.7. The molecule has 3 nitrogen and oxygen atoms in total. The van der Waals surface area contributed by atoms with Gasteiger partial charge in [-0.25, -0.2) is 0 Å². The highest BCUT2D eigenvalue weighted by molar-refractivity contribution is 6.30. The van der Waals surface area contributed by atoms with Crippen LogP contribution in [0.2, 0.25) is 5.02 Å². The van der Waals surface area contributed by atoms with E-state index in [0.29, 0.717) is 5.02 Å². The Morgan fingerprint density at radius 1 is 1.00 bits per heavy atom. The van der Waals surface area contributed by atoms with Gasteiger partial charge in [0.2, 0.25) is 0 Å². The highest BCUT2D eigenvalue weighted by atomic mass is 35.5. The van der Waals surface area contributed by atoms with Gasteiger partial charge in [-0.2, -0.15) is 0 Å². The highest BCUT2D eigenvalue weighted by Gasteiger charge is 2.25.